The molecular weight excluding hydrogens is 206 g/mol. The minimum atomic E-state index is 0.201. The van der Waals surface area contributed by atoms with Crippen LogP contribution in [0.25, 0.3) is 0 Å². The molecule has 1 nitrogen and oxygen atoms in total. The Balaban J connectivity index is 2.72. The fraction of sp³-hybridized carbons (Fsp3) is 0.625. The zero-order chi connectivity index (χ0) is 13.1. The third kappa shape index (κ3) is 4.51. The molecule has 0 saturated carbocycles. The first-order valence-electron chi connectivity index (χ1n) is 6.68. The maximum Gasteiger partial charge on any atom is 0.00967 e. The first-order valence-corrected chi connectivity index (χ1v) is 6.68. The molecule has 1 unspecified atom stereocenters. The first-order chi connectivity index (χ1) is 7.83. The third-order valence-electron chi connectivity index (χ3n) is 3.26. The molecule has 0 fully saturated rings. The summed E-state index contributed by atoms with van der Waals surface area (Å²) in [6, 6.07) is 6.88. The molecule has 0 aliphatic rings. The van der Waals surface area contributed by atoms with Gasteiger partial charge in [0.1, 0.15) is 0 Å². The Bertz CT molecular complexity index is 360. The van der Waals surface area contributed by atoms with Gasteiger partial charge in [-0.05, 0) is 56.7 Å². The molecule has 0 bridgehead atoms. The molecule has 1 rings (SSSR count). The van der Waals surface area contributed by atoms with Crippen LogP contribution in [0.3, 0.4) is 0 Å². The second kappa shape index (κ2) is 5.68. The summed E-state index contributed by atoms with van der Waals surface area (Å²) in [5, 5.41) is 3.57. The molecule has 0 aliphatic heterocycles. The summed E-state index contributed by atoms with van der Waals surface area (Å²) in [6.07, 6.45) is 1.12. The maximum absolute atomic E-state index is 3.57. The third-order valence-corrected chi connectivity index (χ3v) is 3.26. The summed E-state index contributed by atoms with van der Waals surface area (Å²) in [5.41, 5.74) is 4.54. The molecular formula is C16H27N. The summed E-state index contributed by atoms with van der Waals surface area (Å²) in [7, 11) is 0. The van der Waals surface area contributed by atoms with Crippen LogP contribution in [0.4, 0.5) is 0 Å². The van der Waals surface area contributed by atoms with E-state index < -0.39 is 0 Å². The van der Waals surface area contributed by atoms with Crippen LogP contribution in [0.1, 0.15) is 57.2 Å². The van der Waals surface area contributed by atoms with E-state index in [1.165, 1.54) is 16.7 Å². The number of rotatable bonds is 4. The van der Waals surface area contributed by atoms with E-state index in [0.29, 0.717) is 5.92 Å². The van der Waals surface area contributed by atoms with Gasteiger partial charge in [-0.2, -0.15) is 0 Å². The van der Waals surface area contributed by atoms with Crippen molar-refractivity contribution in [2.75, 3.05) is 6.54 Å². The molecule has 0 radical (unpaired) electrons. The second-order valence-electron chi connectivity index (χ2n) is 6.07. The van der Waals surface area contributed by atoms with Crippen LogP contribution in [0.5, 0.6) is 0 Å². The van der Waals surface area contributed by atoms with Gasteiger partial charge >= 0.3 is 0 Å². The van der Waals surface area contributed by atoms with Crippen LogP contribution in [0.2, 0.25) is 0 Å². The number of aryl methyl sites for hydroxylation is 2. The van der Waals surface area contributed by atoms with Crippen molar-refractivity contribution >= 4 is 0 Å². The van der Waals surface area contributed by atoms with Crippen molar-refractivity contribution in [1.82, 2.24) is 5.32 Å². The molecule has 0 aromatic heterocycles. The predicted molar refractivity (Wildman–Crippen MR) is 76.7 cm³/mol. The van der Waals surface area contributed by atoms with Crippen molar-refractivity contribution < 1.29 is 0 Å². The SMILES string of the molecule is CCc1cc(C(C)CNC(C)(C)C)ccc1C. The smallest absolute Gasteiger partial charge is 0.00967 e. The highest BCUT2D eigenvalue weighted by atomic mass is 14.9. The van der Waals surface area contributed by atoms with Crippen LogP contribution in [0.15, 0.2) is 18.2 Å². The Morgan fingerprint density at radius 3 is 2.41 bits per heavy atom. The molecule has 1 heteroatoms. The van der Waals surface area contributed by atoms with E-state index in [2.05, 4.69) is 65.1 Å². The van der Waals surface area contributed by atoms with Crippen molar-refractivity contribution in [3.05, 3.63) is 34.9 Å². The molecule has 1 aromatic carbocycles. The Kier molecular flexibility index (Phi) is 4.76. The standard InChI is InChI=1S/C16H27N/c1-7-14-10-15(9-8-12(14)2)13(3)11-17-16(4,5)6/h8-10,13,17H,7,11H2,1-6H3. The average Bonchev–Trinajstić information content (AvgIpc) is 2.25. The highest BCUT2D eigenvalue weighted by molar-refractivity contribution is 5.33. The Morgan fingerprint density at radius 2 is 1.88 bits per heavy atom. The van der Waals surface area contributed by atoms with Gasteiger partial charge in [0, 0.05) is 12.1 Å². The highest BCUT2D eigenvalue weighted by Gasteiger charge is 2.12. The fourth-order valence-electron chi connectivity index (χ4n) is 1.96. The summed E-state index contributed by atoms with van der Waals surface area (Å²) < 4.78 is 0. The molecule has 0 aliphatic carbocycles. The summed E-state index contributed by atoms with van der Waals surface area (Å²) in [4.78, 5) is 0. The van der Waals surface area contributed by atoms with Crippen molar-refractivity contribution in [2.24, 2.45) is 0 Å². The van der Waals surface area contributed by atoms with E-state index in [9.17, 15) is 0 Å². The topological polar surface area (TPSA) is 12.0 Å². The molecule has 96 valence electrons. The molecule has 0 spiro atoms. The monoisotopic (exact) mass is 233 g/mol. The van der Waals surface area contributed by atoms with Gasteiger partial charge in [-0.25, -0.2) is 0 Å². The maximum atomic E-state index is 3.57. The van der Waals surface area contributed by atoms with Crippen molar-refractivity contribution in [3.63, 3.8) is 0 Å². The van der Waals surface area contributed by atoms with Crippen LogP contribution >= 0.6 is 0 Å². The summed E-state index contributed by atoms with van der Waals surface area (Å²) >= 11 is 0. The van der Waals surface area contributed by atoms with Gasteiger partial charge in [-0.3, -0.25) is 0 Å². The molecule has 0 saturated heterocycles. The molecule has 0 heterocycles. The molecule has 17 heavy (non-hydrogen) atoms. The van der Waals surface area contributed by atoms with Gasteiger partial charge in [0.15, 0.2) is 0 Å². The van der Waals surface area contributed by atoms with Gasteiger partial charge in [-0.1, -0.05) is 32.0 Å². The lowest BCUT2D eigenvalue weighted by Crippen LogP contribution is -2.38. The van der Waals surface area contributed by atoms with E-state index in [1.54, 1.807) is 0 Å². The van der Waals surface area contributed by atoms with E-state index in [4.69, 9.17) is 0 Å². The average molecular weight is 233 g/mol. The molecule has 1 N–H and O–H groups in total. The fourth-order valence-corrected chi connectivity index (χ4v) is 1.96. The Labute approximate surface area is 107 Å². The zero-order valence-electron chi connectivity index (χ0n) is 12.2. The largest absolute Gasteiger partial charge is 0.311 e. The quantitative estimate of drug-likeness (QED) is 0.827. The van der Waals surface area contributed by atoms with E-state index in [-0.39, 0.29) is 5.54 Å². The number of benzene rings is 1. The van der Waals surface area contributed by atoms with Crippen LogP contribution in [-0.2, 0) is 6.42 Å². The number of nitrogens with one attached hydrogen (secondary N) is 1. The number of hydrogen-bond acceptors (Lipinski definition) is 1. The van der Waals surface area contributed by atoms with Gasteiger partial charge < -0.3 is 5.32 Å². The van der Waals surface area contributed by atoms with E-state index in [0.717, 1.165) is 13.0 Å². The lowest BCUT2D eigenvalue weighted by Gasteiger charge is -2.24. The van der Waals surface area contributed by atoms with Gasteiger partial charge in [0.2, 0.25) is 0 Å². The van der Waals surface area contributed by atoms with E-state index in [1.807, 2.05) is 0 Å². The minimum Gasteiger partial charge on any atom is -0.311 e. The van der Waals surface area contributed by atoms with E-state index >= 15 is 0 Å². The van der Waals surface area contributed by atoms with Crippen molar-refractivity contribution in [2.45, 2.75) is 59.4 Å². The highest BCUT2D eigenvalue weighted by Crippen LogP contribution is 2.19. The van der Waals surface area contributed by atoms with Crippen molar-refractivity contribution in [1.29, 1.82) is 0 Å². The number of hydrogen-bond donors (Lipinski definition) is 1. The predicted octanol–water partition coefficient (Wildman–Crippen LogP) is 4.05. The van der Waals surface area contributed by atoms with Gasteiger partial charge in [0.25, 0.3) is 0 Å². The van der Waals surface area contributed by atoms with Crippen LogP contribution in [0, 0.1) is 6.92 Å². The lowest BCUT2D eigenvalue weighted by molar-refractivity contribution is 0.412. The van der Waals surface area contributed by atoms with Gasteiger partial charge in [-0.15, -0.1) is 0 Å². The van der Waals surface area contributed by atoms with Crippen LogP contribution in [-0.4, -0.2) is 12.1 Å². The molecule has 1 atom stereocenters. The van der Waals surface area contributed by atoms with Gasteiger partial charge in [0.05, 0.1) is 0 Å². The first kappa shape index (κ1) is 14.2. The molecule has 1 aromatic rings. The second-order valence-corrected chi connectivity index (χ2v) is 6.07. The minimum absolute atomic E-state index is 0.201. The summed E-state index contributed by atoms with van der Waals surface area (Å²) in [6.45, 7) is 14.4. The summed E-state index contributed by atoms with van der Waals surface area (Å²) in [5.74, 6) is 0.570. The van der Waals surface area contributed by atoms with Crippen molar-refractivity contribution in [3.8, 4) is 0 Å². The normalized spacial score (nSPS) is 13.8. The Morgan fingerprint density at radius 1 is 1.24 bits per heavy atom. The van der Waals surface area contributed by atoms with Crippen LogP contribution < -0.4 is 5.32 Å². The lowest BCUT2D eigenvalue weighted by atomic mass is 9.95. The Hall–Kier alpha value is -0.820. The zero-order valence-corrected chi connectivity index (χ0v) is 12.2. The molecule has 0 amide bonds.